The molecule has 0 saturated carbocycles. The molecule has 0 bridgehead atoms. The SMILES string of the molecule is CNC(=O)c1ccc(CN(C)C(C)C(=O)NCCC2=CCCCC2)cc1. The summed E-state index contributed by atoms with van der Waals surface area (Å²) in [5.74, 6) is -0.0309. The fourth-order valence-electron chi connectivity index (χ4n) is 3.16. The van der Waals surface area contributed by atoms with Gasteiger partial charge >= 0.3 is 0 Å². The highest BCUT2D eigenvalue weighted by Gasteiger charge is 2.18. The van der Waals surface area contributed by atoms with Gasteiger partial charge in [0.05, 0.1) is 6.04 Å². The molecule has 1 atom stereocenters. The van der Waals surface area contributed by atoms with Gasteiger partial charge in [-0.25, -0.2) is 0 Å². The predicted octanol–water partition coefficient (Wildman–Crippen LogP) is 2.87. The van der Waals surface area contributed by atoms with Gasteiger partial charge in [0.1, 0.15) is 0 Å². The second-order valence-electron chi connectivity index (χ2n) is 7.02. The molecular weight excluding hydrogens is 326 g/mol. The number of likely N-dealkylation sites (N-methyl/N-ethyl adjacent to an activating group) is 1. The minimum Gasteiger partial charge on any atom is -0.355 e. The minimum absolute atomic E-state index is 0.0610. The Morgan fingerprint density at radius 2 is 1.92 bits per heavy atom. The first-order valence-electron chi connectivity index (χ1n) is 9.48. The highest BCUT2D eigenvalue weighted by atomic mass is 16.2. The number of nitrogens with one attached hydrogen (secondary N) is 2. The van der Waals surface area contributed by atoms with Gasteiger partial charge in [-0.15, -0.1) is 0 Å². The molecule has 26 heavy (non-hydrogen) atoms. The summed E-state index contributed by atoms with van der Waals surface area (Å²) in [6, 6.07) is 7.28. The third-order valence-corrected chi connectivity index (χ3v) is 5.05. The van der Waals surface area contributed by atoms with Crippen LogP contribution < -0.4 is 10.6 Å². The van der Waals surface area contributed by atoms with E-state index < -0.39 is 0 Å². The van der Waals surface area contributed by atoms with Gasteiger partial charge in [-0.3, -0.25) is 14.5 Å². The van der Waals surface area contributed by atoms with Crippen LogP contribution in [0, 0.1) is 0 Å². The Kier molecular flexibility index (Phi) is 7.85. The Labute approximate surface area is 156 Å². The largest absolute Gasteiger partial charge is 0.355 e. The molecule has 0 aliphatic heterocycles. The topological polar surface area (TPSA) is 61.4 Å². The molecule has 1 unspecified atom stereocenters. The van der Waals surface area contributed by atoms with E-state index >= 15 is 0 Å². The maximum Gasteiger partial charge on any atom is 0.251 e. The zero-order valence-electron chi connectivity index (χ0n) is 16.2. The van der Waals surface area contributed by atoms with Crippen LogP contribution in [-0.4, -0.2) is 43.4 Å². The molecule has 0 aromatic heterocycles. The van der Waals surface area contributed by atoms with Crippen molar-refractivity contribution in [3.8, 4) is 0 Å². The quantitative estimate of drug-likeness (QED) is 0.703. The molecule has 142 valence electrons. The summed E-state index contributed by atoms with van der Waals surface area (Å²) in [4.78, 5) is 26.0. The van der Waals surface area contributed by atoms with Crippen molar-refractivity contribution < 1.29 is 9.59 Å². The third kappa shape index (κ3) is 5.99. The van der Waals surface area contributed by atoms with Crippen LogP contribution in [0.5, 0.6) is 0 Å². The number of carbonyl (C=O) groups excluding carboxylic acids is 2. The molecule has 2 amide bonds. The zero-order chi connectivity index (χ0) is 18.9. The maximum atomic E-state index is 12.4. The van der Waals surface area contributed by atoms with Crippen molar-refractivity contribution in [1.82, 2.24) is 15.5 Å². The number of amides is 2. The molecule has 0 radical (unpaired) electrons. The van der Waals surface area contributed by atoms with Crippen LogP contribution in [0.1, 0.15) is 54.9 Å². The normalized spacial score (nSPS) is 15.3. The van der Waals surface area contributed by atoms with Gasteiger partial charge in [-0.1, -0.05) is 23.8 Å². The standard InChI is InChI=1S/C21H31N3O2/c1-16(20(25)23-14-13-17-7-5-4-6-8-17)24(3)15-18-9-11-19(12-10-18)21(26)22-2/h7,9-12,16H,4-6,8,13-15H2,1-3H3,(H,22,26)(H,23,25). The maximum absolute atomic E-state index is 12.4. The smallest absolute Gasteiger partial charge is 0.251 e. The van der Waals surface area contributed by atoms with E-state index in [-0.39, 0.29) is 17.9 Å². The van der Waals surface area contributed by atoms with Crippen molar-refractivity contribution in [3.05, 3.63) is 47.0 Å². The van der Waals surface area contributed by atoms with E-state index in [1.165, 1.54) is 31.3 Å². The van der Waals surface area contributed by atoms with Crippen molar-refractivity contribution in [1.29, 1.82) is 0 Å². The van der Waals surface area contributed by atoms with Gasteiger partial charge in [0.2, 0.25) is 5.91 Å². The number of nitrogens with zero attached hydrogens (tertiary/aromatic N) is 1. The van der Waals surface area contributed by atoms with Crippen molar-refractivity contribution >= 4 is 11.8 Å². The third-order valence-electron chi connectivity index (χ3n) is 5.05. The van der Waals surface area contributed by atoms with E-state index in [0.717, 1.165) is 12.0 Å². The van der Waals surface area contributed by atoms with Gasteiger partial charge < -0.3 is 10.6 Å². The molecule has 0 fully saturated rings. The number of hydrogen-bond donors (Lipinski definition) is 2. The average molecular weight is 357 g/mol. The first-order valence-corrected chi connectivity index (χ1v) is 9.48. The Morgan fingerprint density at radius 1 is 1.19 bits per heavy atom. The van der Waals surface area contributed by atoms with Gasteiger partial charge in [-0.2, -0.15) is 0 Å². The molecule has 0 heterocycles. The summed E-state index contributed by atoms with van der Waals surface area (Å²) < 4.78 is 0. The van der Waals surface area contributed by atoms with Crippen LogP contribution in [0.2, 0.25) is 0 Å². The first-order chi connectivity index (χ1) is 12.5. The van der Waals surface area contributed by atoms with Crippen molar-refractivity contribution in [2.75, 3.05) is 20.6 Å². The molecule has 0 saturated heterocycles. The van der Waals surface area contributed by atoms with Crippen molar-refractivity contribution in [3.63, 3.8) is 0 Å². The minimum atomic E-state index is -0.200. The first kappa shape index (κ1) is 20.2. The summed E-state index contributed by atoms with van der Waals surface area (Å²) in [6.45, 7) is 3.30. The van der Waals surface area contributed by atoms with Crippen molar-refractivity contribution in [2.45, 2.75) is 51.6 Å². The molecule has 1 aliphatic rings. The molecule has 2 N–H and O–H groups in total. The summed E-state index contributed by atoms with van der Waals surface area (Å²) in [7, 11) is 3.57. The fraction of sp³-hybridized carbons (Fsp3) is 0.524. The Balaban J connectivity index is 1.78. The molecule has 1 aromatic rings. The second kappa shape index (κ2) is 10.1. The molecular formula is C21H31N3O2. The molecule has 0 spiro atoms. The Bertz CT molecular complexity index is 637. The van der Waals surface area contributed by atoms with Crippen LogP contribution in [0.25, 0.3) is 0 Å². The summed E-state index contributed by atoms with van der Waals surface area (Å²) in [5, 5.41) is 5.67. The zero-order valence-corrected chi connectivity index (χ0v) is 16.2. The molecule has 5 nitrogen and oxygen atoms in total. The van der Waals surface area contributed by atoms with Gasteiger partial charge in [0.25, 0.3) is 5.91 Å². The summed E-state index contributed by atoms with van der Waals surface area (Å²) in [6.07, 6.45) is 8.22. The van der Waals surface area contributed by atoms with Gasteiger partial charge in [0, 0.05) is 25.7 Å². The number of allylic oxidation sites excluding steroid dienone is 1. The molecule has 1 aliphatic carbocycles. The average Bonchev–Trinajstić information content (AvgIpc) is 2.68. The monoisotopic (exact) mass is 357 g/mol. The van der Waals surface area contributed by atoms with Gasteiger partial charge in [0.15, 0.2) is 0 Å². The lowest BCUT2D eigenvalue weighted by atomic mass is 9.97. The number of rotatable bonds is 8. The number of hydrogen-bond acceptors (Lipinski definition) is 3. The molecule has 1 aromatic carbocycles. The van der Waals surface area contributed by atoms with Crippen LogP contribution in [0.3, 0.4) is 0 Å². The molecule has 5 heteroatoms. The summed E-state index contributed by atoms with van der Waals surface area (Å²) in [5.41, 5.74) is 3.20. The second-order valence-corrected chi connectivity index (χ2v) is 7.02. The van der Waals surface area contributed by atoms with E-state index in [1.807, 2.05) is 43.1 Å². The molecule has 2 rings (SSSR count). The van der Waals surface area contributed by atoms with E-state index in [9.17, 15) is 9.59 Å². The highest BCUT2D eigenvalue weighted by molar-refractivity contribution is 5.93. The number of benzene rings is 1. The Hall–Kier alpha value is -2.14. The van der Waals surface area contributed by atoms with E-state index in [2.05, 4.69) is 16.7 Å². The number of carbonyl (C=O) groups is 2. The van der Waals surface area contributed by atoms with Crippen molar-refractivity contribution in [2.24, 2.45) is 0 Å². The van der Waals surface area contributed by atoms with E-state index in [4.69, 9.17) is 0 Å². The van der Waals surface area contributed by atoms with Crippen LogP contribution >= 0.6 is 0 Å². The predicted molar refractivity (Wildman–Crippen MR) is 105 cm³/mol. The summed E-state index contributed by atoms with van der Waals surface area (Å²) >= 11 is 0. The van der Waals surface area contributed by atoms with Gasteiger partial charge in [-0.05, 0) is 63.8 Å². The fourth-order valence-corrected chi connectivity index (χ4v) is 3.16. The van der Waals surface area contributed by atoms with Crippen LogP contribution in [0.4, 0.5) is 0 Å². The van der Waals surface area contributed by atoms with E-state index in [1.54, 1.807) is 7.05 Å². The lowest BCUT2D eigenvalue weighted by Gasteiger charge is -2.24. The lowest BCUT2D eigenvalue weighted by Crippen LogP contribution is -2.43. The van der Waals surface area contributed by atoms with Crippen LogP contribution in [0.15, 0.2) is 35.9 Å². The van der Waals surface area contributed by atoms with Crippen LogP contribution in [-0.2, 0) is 11.3 Å². The highest BCUT2D eigenvalue weighted by Crippen LogP contribution is 2.19. The van der Waals surface area contributed by atoms with E-state index in [0.29, 0.717) is 18.7 Å². The Morgan fingerprint density at radius 3 is 2.54 bits per heavy atom. The lowest BCUT2D eigenvalue weighted by molar-refractivity contribution is -0.125.